The van der Waals surface area contributed by atoms with Gasteiger partial charge in [-0.3, -0.25) is 0 Å². The molecule has 1 nitrogen and oxygen atoms in total. The molecule has 0 aliphatic heterocycles. The molecule has 0 fully saturated rings. The minimum atomic E-state index is 0.784. The van der Waals surface area contributed by atoms with E-state index in [1.165, 1.54) is 5.92 Å². The van der Waals surface area contributed by atoms with E-state index in [0.29, 0.717) is 0 Å². The minimum absolute atomic E-state index is 0.784. The van der Waals surface area contributed by atoms with Crippen LogP contribution in [0.1, 0.15) is 33.6 Å². The summed E-state index contributed by atoms with van der Waals surface area (Å²) in [7, 11) is 0. The monoisotopic (exact) mass is 112 g/mol. The van der Waals surface area contributed by atoms with Gasteiger partial charge in [0.25, 0.3) is 0 Å². The Hall–Kier alpha value is -0.330. The second-order valence-corrected chi connectivity index (χ2v) is 2.49. The molecule has 0 spiro atoms. The van der Waals surface area contributed by atoms with Crippen molar-refractivity contribution >= 4 is 5.71 Å². The van der Waals surface area contributed by atoms with Gasteiger partial charge in [-0.1, -0.05) is 13.8 Å². The molecule has 0 aliphatic rings. The maximum atomic E-state index is 7.07. The third kappa shape index (κ3) is 5.67. The van der Waals surface area contributed by atoms with Gasteiger partial charge in [-0.25, -0.2) is 0 Å². The Balaban J connectivity index is 3.05. The molecule has 0 atom stereocenters. The zero-order chi connectivity index (χ0) is 6.57. The van der Waals surface area contributed by atoms with Crippen molar-refractivity contribution in [3.63, 3.8) is 0 Å². The van der Waals surface area contributed by atoms with Gasteiger partial charge in [0, 0.05) is 5.71 Å². The summed E-state index contributed by atoms with van der Waals surface area (Å²) in [4.78, 5) is 0. The molecule has 0 unspecified atom stereocenters. The van der Waals surface area contributed by atoms with Crippen molar-refractivity contribution < 1.29 is 0 Å². The second-order valence-electron chi connectivity index (χ2n) is 2.49. The van der Waals surface area contributed by atoms with Crippen molar-refractivity contribution in [3.05, 3.63) is 5.92 Å². The molecule has 0 rings (SSSR count). The molecule has 0 saturated heterocycles. The topological polar surface area (TPSA) is 23.9 Å². The Morgan fingerprint density at radius 1 is 1.12 bits per heavy atom. The van der Waals surface area contributed by atoms with E-state index < -0.39 is 0 Å². The molecular formula is C7H14N. The fourth-order valence-corrected chi connectivity index (χ4v) is 0.437. The van der Waals surface area contributed by atoms with Crippen LogP contribution in [0.15, 0.2) is 0 Å². The maximum absolute atomic E-state index is 7.07. The van der Waals surface area contributed by atoms with E-state index in [1.54, 1.807) is 0 Å². The van der Waals surface area contributed by atoms with E-state index >= 15 is 0 Å². The van der Waals surface area contributed by atoms with E-state index in [4.69, 9.17) is 5.41 Å². The SMILES string of the molecule is C[C](C)CCC(C)=N. The first-order chi connectivity index (χ1) is 3.63. The van der Waals surface area contributed by atoms with Crippen LogP contribution in [0.25, 0.3) is 0 Å². The Bertz CT molecular complexity index is 74.5. The highest BCUT2D eigenvalue weighted by atomic mass is 14.4. The van der Waals surface area contributed by atoms with Crippen LogP contribution in [-0.4, -0.2) is 5.71 Å². The van der Waals surface area contributed by atoms with Crippen LogP contribution in [0.2, 0.25) is 0 Å². The quantitative estimate of drug-likeness (QED) is 0.542. The molecular weight excluding hydrogens is 98.1 g/mol. The number of hydrogen-bond donors (Lipinski definition) is 1. The van der Waals surface area contributed by atoms with E-state index in [1.807, 2.05) is 6.92 Å². The molecule has 47 valence electrons. The van der Waals surface area contributed by atoms with Crippen molar-refractivity contribution in [2.75, 3.05) is 0 Å². The lowest BCUT2D eigenvalue weighted by molar-refractivity contribution is 0.868. The summed E-state index contributed by atoms with van der Waals surface area (Å²) < 4.78 is 0. The Labute approximate surface area is 51.6 Å². The van der Waals surface area contributed by atoms with Gasteiger partial charge in [0.1, 0.15) is 0 Å². The maximum Gasteiger partial charge on any atom is 0.00584 e. The predicted molar refractivity (Wildman–Crippen MR) is 37.2 cm³/mol. The summed E-state index contributed by atoms with van der Waals surface area (Å²) >= 11 is 0. The molecule has 0 saturated carbocycles. The Kier molecular flexibility index (Phi) is 3.49. The predicted octanol–water partition coefficient (Wildman–Crippen LogP) is 2.42. The zero-order valence-electron chi connectivity index (χ0n) is 5.91. The summed E-state index contributed by atoms with van der Waals surface area (Å²) in [6.07, 6.45) is 2.01. The largest absolute Gasteiger partial charge is 0.310 e. The van der Waals surface area contributed by atoms with Gasteiger partial charge in [0.05, 0.1) is 0 Å². The molecule has 0 bridgehead atoms. The summed E-state index contributed by atoms with van der Waals surface area (Å²) in [5.41, 5.74) is 0.784. The van der Waals surface area contributed by atoms with E-state index in [-0.39, 0.29) is 0 Å². The average molecular weight is 112 g/mol. The van der Waals surface area contributed by atoms with Crippen LogP contribution in [0.4, 0.5) is 0 Å². The van der Waals surface area contributed by atoms with Gasteiger partial charge >= 0.3 is 0 Å². The lowest BCUT2D eigenvalue weighted by atomic mass is 10.1. The van der Waals surface area contributed by atoms with Gasteiger partial charge in [0.15, 0.2) is 0 Å². The number of hydrogen-bond acceptors (Lipinski definition) is 1. The zero-order valence-corrected chi connectivity index (χ0v) is 5.91. The summed E-state index contributed by atoms with van der Waals surface area (Å²) in [5.74, 6) is 1.41. The van der Waals surface area contributed by atoms with Crippen molar-refractivity contribution in [1.29, 1.82) is 5.41 Å². The van der Waals surface area contributed by atoms with Crippen molar-refractivity contribution in [2.45, 2.75) is 33.6 Å². The number of rotatable bonds is 3. The highest BCUT2D eigenvalue weighted by molar-refractivity contribution is 5.78. The van der Waals surface area contributed by atoms with Crippen LogP contribution in [0, 0.1) is 11.3 Å². The fourth-order valence-electron chi connectivity index (χ4n) is 0.437. The van der Waals surface area contributed by atoms with E-state index in [9.17, 15) is 0 Å². The summed E-state index contributed by atoms with van der Waals surface area (Å²) in [6, 6.07) is 0. The van der Waals surface area contributed by atoms with Gasteiger partial charge in [0.2, 0.25) is 0 Å². The van der Waals surface area contributed by atoms with Crippen LogP contribution >= 0.6 is 0 Å². The van der Waals surface area contributed by atoms with Gasteiger partial charge in [-0.15, -0.1) is 0 Å². The van der Waals surface area contributed by atoms with E-state index in [0.717, 1.165) is 18.6 Å². The van der Waals surface area contributed by atoms with Gasteiger partial charge < -0.3 is 5.41 Å². The molecule has 0 heterocycles. The standard InChI is InChI=1S/C7H14N/c1-6(2)4-5-7(3)8/h8H,4-5H2,1-3H3. The normalized spacial score (nSPS) is 10.0. The lowest BCUT2D eigenvalue weighted by Crippen LogP contribution is -1.91. The molecule has 0 amide bonds. The van der Waals surface area contributed by atoms with Crippen LogP contribution in [0.3, 0.4) is 0 Å². The second kappa shape index (κ2) is 3.65. The summed E-state index contributed by atoms with van der Waals surface area (Å²) in [5, 5.41) is 7.07. The first kappa shape index (κ1) is 7.67. The highest BCUT2D eigenvalue weighted by Gasteiger charge is 1.93. The smallest absolute Gasteiger partial charge is 0.00584 e. The molecule has 1 heteroatoms. The van der Waals surface area contributed by atoms with Crippen molar-refractivity contribution in [2.24, 2.45) is 0 Å². The highest BCUT2D eigenvalue weighted by Crippen LogP contribution is 2.05. The van der Waals surface area contributed by atoms with Crippen molar-refractivity contribution in [3.8, 4) is 0 Å². The van der Waals surface area contributed by atoms with Crippen molar-refractivity contribution in [1.82, 2.24) is 0 Å². The average Bonchev–Trinajstić information content (AvgIpc) is 1.61. The third-order valence-corrected chi connectivity index (χ3v) is 1.000. The van der Waals surface area contributed by atoms with E-state index in [2.05, 4.69) is 13.8 Å². The Morgan fingerprint density at radius 3 is 1.75 bits per heavy atom. The third-order valence-electron chi connectivity index (χ3n) is 1.000. The first-order valence-corrected chi connectivity index (χ1v) is 2.96. The molecule has 0 aromatic rings. The van der Waals surface area contributed by atoms with Gasteiger partial charge in [-0.2, -0.15) is 0 Å². The molecule has 0 aliphatic carbocycles. The van der Waals surface area contributed by atoms with Crippen LogP contribution < -0.4 is 0 Å². The summed E-state index contributed by atoms with van der Waals surface area (Å²) in [6.45, 7) is 6.05. The first-order valence-electron chi connectivity index (χ1n) is 2.96. The molecule has 1 N–H and O–H groups in total. The minimum Gasteiger partial charge on any atom is -0.310 e. The fraction of sp³-hybridized carbons (Fsp3) is 0.714. The molecule has 0 aromatic heterocycles. The lowest BCUT2D eigenvalue weighted by Gasteiger charge is -1.99. The Morgan fingerprint density at radius 2 is 1.62 bits per heavy atom. The molecule has 8 heavy (non-hydrogen) atoms. The van der Waals surface area contributed by atoms with Crippen LogP contribution in [-0.2, 0) is 0 Å². The molecule has 0 aromatic carbocycles. The van der Waals surface area contributed by atoms with Crippen LogP contribution in [0.5, 0.6) is 0 Å². The molecule has 1 radical (unpaired) electrons. The number of nitrogens with one attached hydrogen (secondary N) is 1. The van der Waals surface area contributed by atoms with Gasteiger partial charge in [-0.05, 0) is 25.7 Å².